The summed E-state index contributed by atoms with van der Waals surface area (Å²) >= 11 is 0. The minimum absolute atomic E-state index is 0.101. The van der Waals surface area contributed by atoms with Crippen molar-refractivity contribution in [1.82, 2.24) is 9.55 Å². The molecule has 0 fully saturated rings. The van der Waals surface area contributed by atoms with E-state index in [4.69, 9.17) is 10.5 Å². The van der Waals surface area contributed by atoms with E-state index < -0.39 is 18.0 Å². The number of ether oxygens (including phenoxy) is 1. The van der Waals surface area contributed by atoms with Crippen LogP contribution in [0.2, 0.25) is 0 Å². The fourth-order valence-corrected chi connectivity index (χ4v) is 2.25. The molecule has 25 heavy (non-hydrogen) atoms. The number of hydrogen-bond donors (Lipinski definition) is 1. The molecule has 134 valence electrons. The summed E-state index contributed by atoms with van der Waals surface area (Å²) in [6.07, 6.45) is 3.74. The second-order valence-electron chi connectivity index (χ2n) is 5.69. The zero-order valence-corrected chi connectivity index (χ0v) is 14.5. The number of halogens is 2. The molecule has 1 aromatic heterocycles. The first-order valence-corrected chi connectivity index (χ1v) is 7.93. The van der Waals surface area contributed by atoms with Crippen LogP contribution in [0.4, 0.5) is 8.78 Å². The van der Waals surface area contributed by atoms with Crippen molar-refractivity contribution in [3.63, 3.8) is 0 Å². The summed E-state index contributed by atoms with van der Waals surface area (Å²) in [6, 6.07) is 5.43. The Balaban J connectivity index is 2.38. The molecule has 0 spiro atoms. The molecule has 0 aliphatic rings. The van der Waals surface area contributed by atoms with Crippen LogP contribution in [-0.2, 0) is 7.05 Å². The van der Waals surface area contributed by atoms with Crippen LogP contribution in [-0.4, -0.2) is 22.3 Å². The summed E-state index contributed by atoms with van der Waals surface area (Å²) in [5.41, 5.74) is 6.43. The van der Waals surface area contributed by atoms with Gasteiger partial charge in [0.1, 0.15) is 30.2 Å². The average Bonchev–Trinajstić information content (AvgIpc) is 2.56. The van der Waals surface area contributed by atoms with E-state index >= 15 is 0 Å². The second kappa shape index (κ2) is 8.41. The number of nitrogens with zero attached hydrogens (tertiary/aromatic N) is 3. The molecule has 1 heterocycles. The van der Waals surface area contributed by atoms with Crippen molar-refractivity contribution >= 4 is 6.08 Å². The molecule has 2 atom stereocenters. The standard InChI is InChI=1S/C18H22F2N4O/c1-12(19)11-25-16-5-4-14(20)10-15(16)13(2)22-17-7-9-24(3)18(23-17)6-8-21/h4-10,12-13H,11,21H2,1-3H3/t12?,13-/m1/s1. The number of hydrogen-bond acceptors (Lipinski definition) is 4. The van der Waals surface area contributed by atoms with E-state index in [0.717, 1.165) is 0 Å². The predicted octanol–water partition coefficient (Wildman–Crippen LogP) is 2.89. The van der Waals surface area contributed by atoms with Gasteiger partial charge in [-0.15, -0.1) is 0 Å². The highest BCUT2D eigenvalue weighted by atomic mass is 19.1. The van der Waals surface area contributed by atoms with Crippen molar-refractivity contribution in [3.8, 4) is 5.75 Å². The minimum atomic E-state index is -1.12. The maximum absolute atomic E-state index is 13.6. The third-order valence-corrected chi connectivity index (χ3v) is 3.50. The maximum atomic E-state index is 13.6. The maximum Gasteiger partial charge on any atom is 0.151 e. The highest BCUT2D eigenvalue weighted by Crippen LogP contribution is 2.28. The van der Waals surface area contributed by atoms with Crippen molar-refractivity contribution in [2.75, 3.05) is 6.61 Å². The fraction of sp³-hybridized carbons (Fsp3) is 0.333. The zero-order chi connectivity index (χ0) is 18.4. The first-order valence-electron chi connectivity index (χ1n) is 7.93. The molecule has 1 unspecified atom stereocenters. The van der Waals surface area contributed by atoms with Gasteiger partial charge >= 0.3 is 0 Å². The highest BCUT2D eigenvalue weighted by molar-refractivity contribution is 5.39. The monoisotopic (exact) mass is 348 g/mol. The fourth-order valence-electron chi connectivity index (χ4n) is 2.25. The Morgan fingerprint density at radius 3 is 2.80 bits per heavy atom. The van der Waals surface area contributed by atoms with Crippen LogP contribution in [0.3, 0.4) is 0 Å². The molecule has 2 aromatic rings. The van der Waals surface area contributed by atoms with Crippen molar-refractivity contribution in [2.45, 2.75) is 26.1 Å². The number of benzene rings is 1. The number of nitrogens with two attached hydrogens (primary N) is 1. The van der Waals surface area contributed by atoms with Crippen LogP contribution in [0, 0.1) is 5.82 Å². The van der Waals surface area contributed by atoms with E-state index in [9.17, 15) is 8.78 Å². The Morgan fingerprint density at radius 1 is 1.36 bits per heavy atom. The lowest BCUT2D eigenvalue weighted by Gasteiger charge is -2.15. The summed E-state index contributed by atoms with van der Waals surface area (Å²) in [4.78, 5) is 8.89. The summed E-state index contributed by atoms with van der Waals surface area (Å²) in [5, 5.41) is 0. The molecule has 5 nitrogen and oxygen atoms in total. The molecule has 7 heteroatoms. The lowest BCUT2D eigenvalue weighted by atomic mass is 10.1. The lowest BCUT2D eigenvalue weighted by Crippen LogP contribution is -2.15. The molecule has 0 amide bonds. The van der Waals surface area contributed by atoms with E-state index in [-0.39, 0.29) is 6.61 Å². The minimum Gasteiger partial charge on any atom is -0.490 e. The number of aromatic nitrogens is 2. The Kier molecular flexibility index (Phi) is 6.27. The largest absolute Gasteiger partial charge is 0.490 e. The molecule has 2 N–H and O–H groups in total. The molecule has 2 rings (SSSR count). The van der Waals surface area contributed by atoms with Crippen molar-refractivity contribution in [1.29, 1.82) is 0 Å². The topological polar surface area (TPSA) is 65.4 Å². The molecule has 1 aromatic carbocycles. The third kappa shape index (κ3) is 5.14. The molecular formula is C18H22F2N4O. The SMILES string of the molecule is CC(F)COc1ccc(F)cc1[C@@H](C)N=c1ccn(C)c(C=CN)n1. The van der Waals surface area contributed by atoms with Crippen LogP contribution in [0.1, 0.15) is 31.3 Å². The van der Waals surface area contributed by atoms with Crippen molar-refractivity contribution in [2.24, 2.45) is 17.8 Å². The van der Waals surface area contributed by atoms with Gasteiger partial charge in [0.25, 0.3) is 0 Å². The molecule has 0 saturated carbocycles. The van der Waals surface area contributed by atoms with E-state index in [1.165, 1.54) is 31.3 Å². The van der Waals surface area contributed by atoms with Gasteiger partial charge < -0.3 is 15.0 Å². The summed E-state index contributed by atoms with van der Waals surface area (Å²) in [7, 11) is 1.84. The van der Waals surface area contributed by atoms with Gasteiger partial charge in [-0.05, 0) is 50.4 Å². The van der Waals surface area contributed by atoms with E-state index in [1.807, 2.05) is 13.2 Å². The van der Waals surface area contributed by atoms with Gasteiger partial charge in [0.15, 0.2) is 5.49 Å². The first kappa shape index (κ1) is 18.6. The van der Waals surface area contributed by atoms with Crippen LogP contribution >= 0.6 is 0 Å². The van der Waals surface area contributed by atoms with Crippen LogP contribution < -0.4 is 16.0 Å². The Labute approximate surface area is 145 Å². The zero-order valence-electron chi connectivity index (χ0n) is 14.5. The van der Waals surface area contributed by atoms with Crippen LogP contribution in [0.25, 0.3) is 6.08 Å². The van der Waals surface area contributed by atoms with Gasteiger partial charge in [0.2, 0.25) is 0 Å². The van der Waals surface area contributed by atoms with E-state index in [1.54, 1.807) is 23.6 Å². The number of rotatable bonds is 6. The van der Waals surface area contributed by atoms with Gasteiger partial charge in [-0.2, -0.15) is 0 Å². The van der Waals surface area contributed by atoms with Gasteiger partial charge in [-0.1, -0.05) is 0 Å². The molecule has 0 aliphatic carbocycles. The smallest absolute Gasteiger partial charge is 0.151 e. The predicted molar refractivity (Wildman–Crippen MR) is 92.9 cm³/mol. The molecule has 0 saturated heterocycles. The third-order valence-electron chi connectivity index (χ3n) is 3.50. The quantitative estimate of drug-likeness (QED) is 0.873. The summed E-state index contributed by atoms with van der Waals surface area (Å²) in [6.45, 7) is 3.10. The Hall–Kier alpha value is -2.70. The molecule has 0 aliphatic heterocycles. The molecular weight excluding hydrogens is 326 g/mol. The molecule has 0 bridgehead atoms. The van der Waals surface area contributed by atoms with Crippen LogP contribution in [0.5, 0.6) is 5.75 Å². The van der Waals surface area contributed by atoms with E-state index in [0.29, 0.717) is 22.6 Å². The van der Waals surface area contributed by atoms with Crippen molar-refractivity contribution < 1.29 is 13.5 Å². The Bertz CT molecular complexity index is 815. The van der Waals surface area contributed by atoms with E-state index in [2.05, 4.69) is 9.98 Å². The molecule has 0 radical (unpaired) electrons. The van der Waals surface area contributed by atoms with Gasteiger partial charge in [0, 0.05) is 18.8 Å². The van der Waals surface area contributed by atoms with Crippen LogP contribution in [0.15, 0.2) is 41.7 Å². The first-order chi connectivity index (χ1) is 11.9. The normalized spacial score (nSPS) is 14.7. The second-order valence-corrected chi connectivity index (χ2v) is 5.69. The summed E-state index contributed by atoms with van der Waals surface area (Å²) < 4.78 is 33.9. The van der Waals surface area contributed by atoms with Crippen molar-refractivity contribution in [3.05, 3.63) is 59.4 Å². The number of aryl methyl sites for hydroxylation is 1. The Morgan fingerprint density at radius 2 is 2.12 bits per heavy atom. The lowest BCUT2D eigenvalue weighted by molar-refractivity contribution is 0.207. The average molecular weight is 348 g/mol. The number of alkyl halides is 1. The summed E-state index contributed by atoms with van der Waals surface area (Å²) in [5.74, 6) is 0.639. The van der Waals surface area contributed by atoms with Gasteiger partial charge in [-0.3, -0.25) is 4.99 Å². The van der Waals surface area contributed by atoms with Gasteiger partial charge in [0.05, 0.1) is 6.04 Å². The highest BCUT2D eigenvalue weighted by Gasteiger charge is 2.13. The van der Waals surface area contributed by atoms with Gasteiger partial charge in [-0.25, -0.2) is 13.8 Å².